The summed E-state index contributed by atoms with van der Waals surface area (Å²) in [7, 11) is -3.34. The first-order chi connectivity index (χ1) is 13.7. The number of sulfone groups is 1. The standard InChI is InChI=1S/C22H27FN2O2S2/c1-15-6-3-4-9-20(15)24-22(28)25-21(16-10-12-18(23)13-11-16)17-7-5-8-19(14-17)29(2,26)27/h5,7-8,10-15,20-21H,3-4,6,9H2,1-2H3,(H2,24,25,28). The van der Waals surface area contributed by atoms with Crippen molar-refractivity contribution in [1.29, 1.82) is 0 Å². The fourth-order valence-electron chi connectivity index (χ4n) is 3.81. The predicted molar refractivity (Wildman–Crippen MR) is 118 cm³/mol. The third-order valence-corrected chi connectivity index (χ3v) is 6.87. The molecule has 2 aromatic rings. The molecule has 2 aromatic carbocycles. The molecule has 1 aliphatic rings. The Kier molecular flexibility index (Phi) is 6.90. The molecule has 0 bridgehead atoms. The van der Waals surface area contributed by atoms with Crippen molar-refractivity contribution in [3.05, 3.63) is 65.5 Å². The Balaban J connectivity index is 1.87. The zero-order valence-corrected chi connectivity index (χ0v) is 18.3. The first-order valence-corrected chi connectivity index (χ1v) is 12.2. The maximum Gasteiger partial charge on any atom is 0.175 e. The van der Waals surface area contributed by atoms with Gasteiger partial charge in [-0.05, 0) is 66.4 Å². The average Bonchev–Trinajstić information content (AvgIpc) is 2.68. The van der Waals surface area contributed by atoms with E-state index in [1.165, 1.54) is 37.7 Å². The van der Waals surface area contributed by atoms with Crippen molar-refractivity contribution < 1.29 is 12.8 Å². The molecule has 0 heterocycles. The number of halogens is 1. The van der Waals surface area contributed by atoms with E-state index in [4.69, 9.17) is 12.2 Å². The minimum absolute atomic E-state index is 0.240. The Labute approximate surface area is 177 Å². The normalized spacial score (nSPS) is 20.7. The van der Waals surface area contributed by atoms with Crippen LogP contribution in [0.15, 0.2) is 53.4 Å². The molecule has 0 amide bonds. The lowest BCUT2D eigenvalue weighted by molar-refractivity contribution is 0.307. The molecule has 0 saturated heterocycles. The summed E-state index contributed by atoms with van der Waals surface area (Å²) in [5.41, 5.74) is 1.55. The van der Waals surface area contributed by atoms with E-state index in [9.17, 15) is 12.8 Å². The molecule has 2 N–H and O–H groups in total. The van der Waals surface area contributed by atoms with Crippen molar-refractivity contribution in [2.45, 2.75) is 49.6 Å². The predicted octanol–water partition coefficient (Wildman–Crippen LogP) is 4.36. The van der Waals surface area contributed by atoms with Crippen LogP contribution in [0.3, 0.4) is 0 Å². The van der Waals surface area contributed by atoms with Gasteiger partial charge < -0.3 is 10.6 Å². The van der Waals surface area contributed by atoms with Crippen LogP contribution in [-0.2, 0) is 9.84 Å². The lowest BCUT2D eigenvalue weighted by Crippen LogP contribution is -2.47. The van der Waals surface area contributed by atoms with E-state index in [-0.39, 0.29) is 10.7 Å². The fraction of sp³-hybridized carbons (Fsp3) is 0.409. The van der Waals surface area contributed by atoms with E-state index >= 15 is 0 Å². The van der Waals surface area contributed by atoms with E-state index in [0.29, 0.717) is 17.1 Å². The summed E-state index contributed by atoms with van der Waals surface area (Å²) in [5.74, 6) is 0.218. The quantitative estimate of drug-likeness (QED) is 0.685. The molecule has 1 fully saturated rings. The molecule has 1 aliphatic carbocycles. The molecule has 0 spiro atoms. The van der Waals surface area contributed by atoms with Crippen LogP contribution < -0.4 is 10.6 Å². The van der Waals surface area contributed by atoms with Gasteiger partial charge in [0.05, 0.1) is 10.9 Å². The largest absolute Gasteiger partial charge is 0.360 e. The van der Waals surface area contributed by atoms with Gasteiger partial charge in [0.1, 0.15) is 5.82 Å². The first-order valence-electron chi connectivity index (χ1n) is 9.86. The molecule has 156 valence electrons. The highest BCUT2D eigenvalue weighted by Crippen LogP contribution is 2.26. The second-order valence-corrected chi connectivity index (χ2v) is 10.2. The summed E-state index contributed by atoms with van der Waals surface area (Å²) in [5, 5.41) is 7.26. The number of thiocarbonyl (C=S) groups is 1. The lowest BCUT2D eigenvalue weighted by atomic mass is 9.86. The van der Waals surface area contributed by atoms with Crippen molar-refractivity contribution in [2.24, 2.45) is 5.92 Å². The maximum atomic E-state index is 13.4. The van der Waals surface area contributed by atoms with Crippen molar-refractivity contribution in [2.75, 3.05) is 6.26 Å². The van der Waals surface area contributed by atoms with E-state index in [1.54, 1.807) is 30.3 Å². The van der Waals surface area contributed by atoms with Crippen LogP contribution in [0.4, 0.5) is 4.39 Å². The molecule has 0 radical (unpaired) electrons. The van der Waals surface area contributed by atoms with E-state index in [2.05, 4.69) is 17.6 Å². The number of hydrogen-bond donors (Lipinski definition) is 2. The number of rotatable bonds is 5. The summed E-state index contributed by atoms with van der Waals surface area (Å²) in [6, 6.07) is 12.9. The highest BCUT2D eigenvalue weighted by Gasteiger charge is 2.23. The lowest BCUT2D eigenvalue weighted by Gasteiger charge is -2.32. The average molecular weight is 435 g/mol. The van der Waals surface area contributed by atoms with Crippen LogP contribution in [0.5, 0.6) is 0 Å². The molecule has 1 saturated carbocycles. The monoisotopic (exact) mass is 434 g/mol. The van der Waals surface area contributed by atoms with Crippen LogP contribution in [0.2, 0.25) is 0 Å². The van der Waals surface area contributed by atoms with Gasteiger partial charge in [0.15, 0.2) is 14.9 Å². The van der Waals surface area contributed by atoms with Crippen molar-refractivity contribution in [1.82, 2.24) is 10.6 Å². The van der Waals surface area contributed by atoms with Crippen LogP contribution in [0.1, 0.15) is 49.8 Å². The summed E-state index contributed by atoms with van der Waals surface area (Å²) < 4.78 is 37.5. The van der Waals surface area contributed by atoms with Crippen molar-refractivity contribution >= 4 is 27.2 Å². The molecular formula is C22H27FN2O2S2. The minimum Gasteiger partial charge on any atom is -0.360 e. The van der Waals surface area contributed by atoms with Crippen molar-refractivity contribution in [3.8, 4) is 0 Å². The molecule has 3 rings (SSSR count). The van der Waals surface area contributed by atoms with Gasteiger partial charge in [-0.3, -0.25) is 0 Å². The van der Waals surface area contributed by atoms with E-state index < -0.39 is 15.9 Å². The molecule has 7 heteroatoms. The van der Waals surface area contributed by atoms with Gasteiger partial charge in [0, 0.05) is 12.3 Å². The number of nitrogens with one attached hydrogen (secondary N) is 2. The molecular weight excluding hydrogens is 407 g/mol. The first kappa shape index (κ1) is 21.7. The third kappa shape index (κ3) is 5.76. The van der Waals surface area contributed by atoms with Gasteiger partial charge in [-0.2, -0.15) is 0 Å². The molecule has 4 nitrogen and oxygen atoms in total. The van der Waals surface area contributed by atoms with Gasteiger partial charge in [0.25, 0.3) is 0 Å². The molecule has 0 aliphatic heterocycles. The molecule has 3 unspecified atom stereocenters. The van der Waals surface area contributed by atoms with Crippen LogP contribution in [-0.4, -0.2) is 25.8 Å². The molecule has 3 atom stereocenters. The van der Waals surface area contributed by atoms with Gasteiger partial charge in [0.2, 0.25) is 0 Å². The Morgan fingerprint density at radius 2 is 1.79 bits per heavy atom. The number of hydrogen-bond acceptors (Lipinski definition) is 3. The summed E-state index contributed by atoms with van der Waals surface area (Å²) >= 11 is 5.58. The minimum atomic E-state index is -3.34. The fourth-order valence-corrected chi connectivity index (χ4v) is 4.76. The summed E-state index contributed by atoms with van der Waals surface area (Å²) in [6.07, 6.45) is 5.87. The summed E-state index contributed by atoms with van der Waals surface area (Å²) in [4.78, 5) is 0.240. The van der Waals surface area contributed by atoms with Crippen LogP contribution >= 0.6 is 12.2 Å². The second kappa shape index (κ2) is 9.22. The van der Waals surface area contributed by atoms with Gasteiger partial charge in [-0.15, -0.1) is 0 Å². The van der Waals surface area contributed by atoms with E-state index in [0.717, 1.165) is 17.5 Å². The number of benzene rings is 2. The van der Waals surface area contributed by atoms with Crippen LogP contribution in [0.25, 0.3) is 0 Å². The third-order valence-electron chi connectivity index (χ3n) is 5.53. The highest BCUT2D eigenvalue weighted by molar-refractivity contribution is 7.90. The van der Waals surface area contributed by atoms with Gasteiger partial charge in [-0.25, -0.2) is 12.8 Å². The maximum absolute atomic E-state index is 13.4. The van der Waals surface area contributed by atoms with Gasteiger partial charge in [-0.1, -0.05) is 44.0 Å². The Bertz CT molecular complexity index is 961. The Morgan fingerprint density at radius 3 is 2.45 bits per heavy atom. The zero-order valence-electron chi connectivity index (χ0n) is 16.7. The van der Waals surface area contributed by atoms with E-state index in [1.807, 2.05) is 6.07 Å². The molecule has 0 aromatic heterocycles. The van der Waals surface area contributed by atoms with Gasteiger partial charge >= 0.3 is 0 Å². The van der Waals surface area contributed by atoms with Crippen molar-refractivity contribution in [3.63, 3.8) is 0 Å². The Hall–Kier alpha value is -1.99. The van der Waals surface area contributed by atoms with Crippen LogP contribution in [0, 0.1) is 11.7 Å². The Morgan fingerprint density at radius 1 is 1.10 bits per heavy atom. The zero-order chi connectivity index (χ0) is 21.0. The summed E-state index contributed by atoms with van der Waals surface area (Å²) in [6.45, 7) is 2.23. The highest BCUT2D eigenvalue weighted by atomic mass is 32.2. The second-order valence-electron chi connectivity index (χ2n) is 7.82. The SMILES string of the molecule is CC1CCCCC1NC(=S)NC(c1ccc(F)cc1)c1cccc(S(C)(=O)=O)c1. The topological polar surface area (TPSA) is 58.2 Å². The molecule has 29 heavy (non-hydrogen) atoms. The smallest absolute Gasteiger partial charge is 0.175 e.